The second-order valence-corrected chi connectivity index (χ2v) is 4.04. The zero-order chi connectivity index (χ0) is 10.1. The van der Waals surface area contributed by atoms with Gasteiger partial charge in [-0.3, -0.25) is 9.63 Å². The Morgan fingerprint density at radius 3 is 2.93 bits per heavy atom. The number of hydroxylamine groups is 2. The number of aliphatic hydroxyl groups excluding tert-OH is 1. The maximum absolute atomic E-state index is 11.6. The van der Waals surface area contributed by atoms with Gasteiger partial charge in [-0.25, -0.2) is 0 Å². The molecule has 0 radical (unpaired) electrons. The molecule has 2 aliphatic rings. The average Bonchev–Trinajstić information content (AvgIpc) is 2.67. The largest absolute Gasteiger partial charge is 0.389 e. The number of carbonyl (C=O) groups excluding carboxylic acids is 1. The fraction of sp³-hybridized carbons (Fsp3) is 0.889. The number of β-amino-alcohol motifs (C(OH)–C–C–N with tert-alkyl or cyclic N) is 1. The van der Waals surface area contributed by atoms with Gasteiger partial charge in [-0.2, -0.15) is 5.06 Å². The quantitative estimate of drug-likeness (QED) is 0.626. The molecule has 0 aromatic heterocycles. The number of carbonyl (C=O) groups is 1. The van der Waals surface area contributed by atoms with Crippen molar-refractivity contribution in [1.82, 2.24) is 9.96 Å². The smallest absolute Gasteiger partial charge is 0.226 e. The van der Waals surface area contributed by atoms with Crippen LogP contribution in [-0.2, 0) is 9.63 Å². The summed E-state index contributed by atoms with van der Waals surface area (Å²) in [5, 5.41) is 10.9. The van der Waals surface area contributed by atoms with Crippen LogP contribution in [0.2, 0.25) is 0 Å². The number of likely N-dealkylation sites (tertiary alicyclic amines) is 1. The molecule has 0 bridgehead atoms. The maximum atomic E-state index is 11.6. The molecule has 5 heteroatoms. The summed E-state index contributed by atoms with van der Waals surface area (Å²) in [6.07, 6.45) is 0.495. The molecule has 0 aliphatic carbocycles. The van der Waals surface area contributed by atoms with Crippen molar-refractivity contribution in [2.24, 2.45) is 5.92 Å². The number of nitrogens with zero attached hydrogens (tertiary/aromatic N) is 2. The number of aliphatic hydroxyl groups is 1. The highest BCUT2D eigenvalue weighted by Gasteiger charge is 2.33. The summed E-state index contributed by atoms with van der Waals surface area (Å²) >= 11 is 0. The molecule has 2 rings (SSSR count). The molecule has 0 spiro atoms. The van der Waals surface area contributed by atoms with Crippen LogP contribution in [0.25, 0.3) is 0 Å². The summed E-state index contributed by atoms with van der Waals surface area (Å²) in [6, 6.07) is 0. The average molecular weight is 200 g/mol. The van der Waals surface area contributed by atoms with E-state index in [2.05, 4.69) is 0 Å². The first-order chi connectivity index (χ1) is 6.66. The molecule has 5 nitrogen and oxygen atoms in total. The van der Waals surface area contributed by atoms with Gasteiger partial charge >= 0.3 is 0 Å². The molecule has 0 saturated carbocycles. The van der Waals surface area contributed by atoms with Gasteiger partial charge in [0.25, 0.3) is 0 Å². The maximum Gasteiger partial charge on any atom is 0.226 e. The van der Waals surface area contributed by atoms with E-state index in [9.17, 15) is 9.90 Å². The van der Waals surface area contributed by atoms with Gasteiger partial charge in [0, 0.05) is 20.1 Å². The first-order valence-corrected chi connectivity index (χ1v) is 4.97. The first-order valence-electron chi connectivity index (χ1n) is 4.97. The lowest BCUT2D eigenvalue weighted by Gasteiger charge is -2.17. The number of hydrogen-bond acceptors (Lipinski definition) is 4. The number of hydrogen-bond donors (Lipinski definition) is 1. The third kappa shape index (κ3) is 1.89. The monoisotopic (exact) mass is 200 g/mol. The van der Waals surface area contributed by atoms with E-state index in [1.54, 1.807) is 9.96 Å². The van der Waals surface area contributed by atoms with Gasteiger partial charge in [-0.1, -0.05) is 0 Å². The molecule has 2 saturated heterocycles. The van der Waals surface area contributed by atoms with Crippen molar-refractivity contribution in [3.8, 4) is 0 Å². The highest BCUT2D eigenvalue weighted by Crippen LogP contribution is 2.19. The molecule has 0 aromatic carbocycles. The van der Waals surface area contributed by atoms with E-state index < -0.39 is 6.10 Å². The predicted molar refractivity (Wildman–Crippen MR) is 49.3 cm³/mol. The summed E-state index contributed by atoms with van der Waals surface area (Å²) in [6.45, 7) is 2.32. The van der Waals surface area contributed by atoms with Gasteiger partial charge in [-0.15, -0.1) is 0 Å². The molecule has 2 heterocycles. The Bertz CT molecular complexity index is 234. The third-order valence-corrected chi connectivity index (χ3v) is 2.83. The number of rotatable bonds is 2. The topological polar surface area (TPSA) is 53.0 Å². The fourth-order valence-corrected chi connectivity index (χ4v) is 1.97. The lowest BCUT2D eigenvalue weighted by atomic mass is 10.1. The molecule has 80 valence electrons. The molecule has 2 aliphatic heterocycles. The SMILES string of the molecule is CN1CCC(CN2C[C@H](O)CO2)C1=O. The molecule has 2 fully saturated rings. The van der Waals surface area contributed by atoms with Crippen molar-refractivity contribution in [3.63, 3.8) is 0 Å². The van der Waals surface area contributed by atoms with E-state index >= 15 is 0 Å². The zero-order valence-corrected chi connectivity index (χ0v) is 8.35. The Labute approximate surface area is 83.2 Å². The summed E-state index contributed by atoms with van der Waals surface area (Å²) in [5.41, 5.74) is 0. The molecular formula is C9H16N2O3. The van der Waals surface area contributed by atoms with E-state index in [1.807, 2.05) is 7.05 Å². The van der Waals surface area contributed by atoms with Crippen molar-refractivity contribution in [2.45, 2.75) is 12.5 Å². The predicted octanol–water partition coefficient (Wildman–Crippen LogP) is -0.927. The van der Waals surface area contributed by atoms with E-state index in [0.29, 0.717) is 19.7 Å². The van der Waals surface area contributed by atoms with E-state index in [-0.39, 0.29) is 11.8 Å². The standard InChI is InChI=1S/C9H16N2O3/c1-10-3-2-7(9(10)13)4-11-5-8(12)6-14-11/h7-8,12H,2-6H2,1H3/t7?,8-/m0/s1. The number of amides is 1. The highest BCUT2D eigenvalue weighted by atomic mass is 16.7. The van der Waals surface area contributed by atoms with Gasteiger partial charge in [0.1, 0.15) is 0 Å². The van der Waals surface area contributed by atoms with Crippen LogP contribution in [0.15, 0.2) is 0 Å². The first kappa shape index (κ1) is 9.89. The van der Waals surface area contributed by atoms with Gasteiger partial charge in [0.2, 0.25) is 5.91 Å². The molecule has 0 aromatic rings. The summed E-state index contributed by atoms with van der Waals surface area (Å²) in [7, 11) is 1.82. The molecule has 14 heavy (non-hydrogen) atoms. The molecular weight excluding hydrogens is 184 g/mol. The van der Waals surface area contributed by atoms with Crippen molar-refractivity contribution >= 4 is 5.91 Å². The second-order valence-electron chi connectivity index (χ2n) is 4.04. The van der Waals surface area contributed by atoms with Crippen molar-refractivity contribution < 1.29 is 14.7 Å². The zero-order valence-electron chi connectivity index (χ0n) is 8.35. The van der Waals surface area contributed by atoms with Crippen LogP contribution in [0, 0.1) is 5.92 Å². The lowest BCUT2D eigenvalue weighted by Crippen LogP contribution is -2.32. The lowest BCUT2D eigenvalue weighted by molar-refractivity contribution is -0.140. The van der Waals surface area contributed by atoms with Crippen LogP contribution in [0.5, 0.6) is 0 Å². The molecule has 1 N–H and O–H groups in total. The third-order valence-electron chi connectivity index (χ3n) is 2.83. The summed E-state index contributed by atoms with van der Waals surface area (Å²) in [4.78, 5) is 18.5. The van der Waals surface area contributed by atoms with Crippen LogP contribution in [-0.4, -0.2) is 60.4 Å². The Hall–Kier alpha value is -0.650. The Morgan fingerprint density at radius 1 is 1.64 bits per heavy atom. The summed E-state index contributed by atoms with van der Waals surface area (Å²) < 4.78 is 0. The molecule has 2 atom stereocenters. The molecule has 1 unspecified atom stereocenters. The minimum absolute atomic E-state index is 0.0466. The Kier molecular flexibility index (Phi) is 2.71. The van der Waals surface area contributed by atoms with Crippen molar-refractivity contribution in [2.75, 3.05) is 33.3 Å². The molecule has 1 amide bonds. The van der Waals surface area contributed by atoms with E-state index in [4.69, 9.17) is 4.84 Å². The minimum atomic E-state index is -0.399. The van der Waals surface area contributed by atoms with Gasteiger partial charge < -0.3 is 10.0 Å². The van der Waals surface area contributed by atoms with Crippen molar-refractivity contribution in [1.29, 1.82) is 0 Å². The van der Waals surface area contributed by atoms with Gasteiger partial charge in [-0.05, 0) is 6.42 Å². The fourth-order valence-electron chi connectivity index (χ4n) is 1.97. The second kappa shape index (κ2) is 3.84. The Balaban J connectivity index is 1.83. The van der Waals surface area contributed by atoms with Crippen molar-refractivity contribution in [3.05, 3.63) is 0 Å². The van der Waals surface area contributed by atoms with Crippen LogP contribution in [0.4, 0.5) is 0 Å². The van der Waals surface area contributed by atoms with Crippen LogP contribution >= 0.6 is 0 Å². The minimum Gasteiger partial charge on any atom is -0.389 e. The summed E-state index contributed by atoms with van der Waals surface area (Å²) in [5.74, 6) is 0.236. The van der Waals surface area contributed by atoms with E-state index in [0.717, 1.165) is 13.0 Å². The van der Waals surface area contributed by atoms with Gasteiger partial charge in [0.05, 0.1) is 25.2 Å². The highest BCUT2D eigenvalue weighted by molar-refractivity contribution is 5.80. The van der Waals surface area contributed by atoms with Crippen LogP contribution < -0.4 is 0 Å². The normalized spacial score (nSPS) is 34.4. The van der Waals surface area contributed by atoms with Crippen LogP contribution in [0.3, 0.4) is 0 Å². The Morgan fingerprint density at radius 2 is 2.43 bits per heavy atom. The van der Waals surface area contributed by atoms with Crippen LogP contribution in [0.1, 0.15) is 6.42 Å². The van der Waals surface area contributed by atoms with Gasteiger partial charge in [0.15, 0.2) is 0 Å². The van der Waals surface area contributed by atoms with E-state index in [1.165, 1.54) is 0 Å².